The van der Waals surface area contributed by atoms with Gasteiger partial charge in [0, 0.05) is 0 Å². The second-order valence-electron chi connectivity index (χ2n) is 2.34. The zero-order chi connectivity index (χ0) is 9.26. The molecule has 0 spiro atoms. The monoisotopic (exact) mass is 304 g/mol. The third-order valence-corrected chi connectivity index (χ3v) is 3.02. The lowest BCUT2D eigenvalue weighted by molar-refractivity contribution is 1.07. The number of halogens is 1. The van der Waals surface area contributed by atoms with E-state index >= 15 is 0 Å². The van der Waals surface area contributed by atoms with Crippen LogP contribution >= 0.6 is 33.9 Å². The van der Waals surface area contributed by atoms with Gasteiger partial charge in [-0.25, -0.2) is 0 Å². The van der Waals surface area contributed by atoms with Crippen molar-refractivity contribution >= 4 is 39.6 Å². The molecule has 0 bridgehead atoms. The second kappa shape index (κ2) is 3.54. The third kappa shape index (κ3) is 1.94. The summed E-state index contributed by atoms with van der Waals surface area (Å²) in [7, 11) is 0. The fraction of sp³-hybridized carbons (Fsp3) is 0. The molecule has 4 nitrogen and oxygen atoms in total. The predicted molar refractivity (Wildman–Crippen MR) is 60.3 cm³/mol. The number of pyridine rings is 1. The fourth-order valence-electron chi connectivity index (χ4n) is 0.841. The Morgan fingerprint density at radius 3 is 2.69 bits per heavy atom. The Morgan fingerprint density at radius 2 is 2.15 bits per heavy atom. The Kier molecular flexibility index (Phi) is 2.40. The van der Waals surface area contributed by atoms with E-state index in [1.54, 1.807) is 12.3 Å². The molecule has 6 heteroatoms. The van der Waals surface area contributed by atoms with Crippen LogP contribution in [0.5, 0.6) is 0 Å². The van der Waals surface area contributed by atoms with Crippen LogP contribution in [0.4, 0.5) is 5.69 Å². The molecule has 0 aliphatic rings. The van der Waals surface area contributed by atoms with Gasteiger partial charge in [-0.05, 0) is 34.7 Å². The van der Waals surface area contributed by atoms with Gasteiger partial charge < -0.3 is 5.73 Å². The molecule has 0 aliphatic heterocycles. The maximum absolute atomic E-state index is 5.51. The first-order valence-electron chi connectivity index (χ1n) is 3.46. The largest absolute Gasteiger partial charge is 0.397 e. The van der Waals surface area contributed by atoms with Gasteiger partial charge in [0.05, 0.1) is 11.9 Å². The number of nitrogen functional groups attached to an aromatic ring is 1. The van der Waals surface area contributed by atoms with Crippen LogP contribution in [-0.2, 0) is 0 Å². The molecule has 2 aromatic rings. The molecule has 0 aliphatic carbocycles. The number of anilines is 1. The highest BCUT2D eigenvalue weighted by molar-refractivity contribution is 14.1. The van der Waals surface area contributed by atoms with Crippen LogP contribution in [0.25, 0.3) is 10.7 Å². The Hall–Kier alpha value is -0.760. The average molecular weight is 304 g/mol. The first-order chi connectivity index (χ1) is 6.25. The molecule has 0 amide bonds. The molecule has 2 rings (SSSR count). The number of hydrogen-bond acceptors (Lipinski definition) is 5. The van der Waals surface area contributed by atoms with E-state index in [0.717, 1.165) is 13.7 Å². The van der Waals surface area contributed by atoms with E-state index in [-0.39, 0.29) is 0 Å². The molecule has 0 unspecified atom stereocenters. The van der Waals surface area contributed by atoms with Crippen LogP contribution in [0.1, 0.15) is 0 Å². The van der Waals surface area contributed by atoms with Crippen molar-refractivity contribution in [3.8, 4) is 10.7 Å². The third-order valence-electron chi connectivity index (χ3n) is 1.41. The number of nitrogens with zero attached hydrogens (tertiary/aromatic N) is 3. The summed E-state index contributed by atoms with van der Waals surface area (Å²) in [6.07, 6.45) is 1.61. The number of nitrogens with two attached hydrogens (primary N) is 1. The summed E-state index contributed by atoms with van der Waals surface area (Å²) in [5, 5.41) is 8.70. The van der Waals surface area contributed by atoms with Crippen molar-refractivity contribution in [3.63, 3.8) is 0 Å². The summed E-state index contributed by atoms with van der Waals surface area (Å²) in [6, 6.07) is 3.64. The fourth-order valence-corrected chi connectivity index (χ4v) is 2.12. The van der Waals surface area contributed by atoms with Crippen molar-refractivity contribution in [2.45, 2.75) is 0 Å². The van der Waals surface area contributed by atoms with E-state index < -0.39 is 0 Å². The van der Waals surface area contributed by atoms with Crippen LogP contribution in [0.15, 0.2) is 18.3 Å². The summed E-state index contributed by atoms with van der Waals surface area (Å²) in [6.45, 7) is 0. The second-order valence-corrected chi connectivity index (χ2v) is 5.07. The minimum Gasteiger partial charge on any atom is -0.397 e. The molecule has 13 heavy (non-hydrogen) atoms. The Bertz CT molecular complexity index is 411. The average Bonchev–Trinajstić information content (AvgIpc) is 2.53. The number of aromatic nitrogens is 3. The Balaban J connectivity index is 2.41. The van der Waals surface area contributed by atoms with Gasteiger partial charge in [-0.1, -0.05) is 11.3 Å². The lowest BCUT2D eigenvalue weighted by atomic mass is 10.3. The summed E-state index contributed by atoms with van der Waals surface area (Å²) in [4.78, 5) is 4.14. The highest BCUT2D eigenvalue weighted by Gasteiger charge is 2.04. The van der Waals surface area contributed by atoms with Crippen LogP contribution in [0, 0.1) is 3.01 Å². The van der Waals surface area contributed by atoms with Crippen molar-refractivity contribution in [1.82, 2.24) is 15.2 Å². The van der Waals surface area contributed by atoms with E-state index in [1.807, 2.05) is 6.07 Å². The van der Waals surface area contributed by atoms with Crippen molar-refractivity contribution < 1.29 is 0 Å². The lowest BCUT2D eigenvalue weighted by Crippen LogP contribution is -1.87. The van der Waals surface area contributed by atoms with Crippen LogP contribution in [-0.4, -0.2) is 15.2 Å². The maximum atomic E-state index is 5.51. The van der Waals surface area contributed by atoms with Gasteiger partial charge in [-0.2, -0.15) is 0 Å². The normalized spacial score (nSPS) is 10.2. The molecule has 0 fully saturated rings. The van der Waals surface area contributed by atoms with E-state index in [9.17, 15) is 0 Å². The van der Waals surface area contributed by atoms with Gasteiger partial charge in [0.15, 0.2) is 8.02 Å². The molecular weight excluding hydrogens is 299 g/mol. The van der Waals surface area contributed by atoms with Gasteiger partial charge in [0.1, 0.15) is 5.69 Å². The number of hydrogen-bond donors (Lipinski definition) is 1. The topological polar surface area (TPSA) is 64.7 Å². The summed E-state index contributed by atoms with van der Waals surface area (Å²) in [5.41, 5.74) is 6.98. The summed E-state index contributed by atoms with van der Waals surface area (Å²) in [5.74, 6) is 0. The maximum Gasteiger partial charge on any atom is 0.178 e. The van der Waals surface area contributed by atoms with Gasteiger partial charge >= 0.3 is 0 Å². The highest BCUT2D eigenvalue weighted by atomic mass is 127. The summed E-state index contributed by atoms with van der Waals surface area (Å²) < 4.78 is 0.909. The molecule has 0 radical (unpaired) electrons. The predicted octanol–water partition coefficient (Wildman–Crippen LogP) is 1.79. The zero-order valence-electron chi connectivity index (χ0n) is 6.44. The molecular formula is C7H5IN4S. The Morgan fingerprint density at radius 1 is 1.31 bits per heavy atom. The van der Waals surface area contributed by atoms with Crippen molar-refractivity contribution in [2.75, 3.05) is 5.73 Å². The Labute approximate surface area is 92.4 Å². The van der Waals surface area contributed by atoms with Crippen LogP contribution < -0.4 is 5.73 Å². The molecule has 2 heterocycles. The molecule has 66 valence electrons. The van der Waals surface area contributed by atoms with Crippen LogP contribution in [0.2, 0.25) is 0 Å². The molecule has 2 N–H and O–H groups in total. The van der Waals surface area contributed by atoms with Gasteiger partial charge in [-0.3, -0.25) is 4.98 Å². The molecule has 0 aromatic carbocycles. The quantitative estimate of drug-likeness (QED) is 0.816. The van der Waals surface area contributed by atoms with E-state index in [0.29, 0.717) is 5.69 Å². The van der Waals surface area contributed by atoms with E-state index in [2.05, 4.69) is 37.8 Å². The van der Waals surface area contributed by atoms with Crippen molar-refractivity contribution in [1.29, 1.82) is 0 Å². The molecule has 0 saturated heterocycles. The molecule has 2 aromatic heterocycles. The van der Waals surface area contributed by atoms with E-state index in [1.165, 1.54) is 11.3 Å². The van der Waals surface area contributed by atoms with Crippen LogP contribution in [0.3, 0.4) is 0 Å². The SMILES string of the molecule is Nc1ccc(-c2nnc(I)s2)nc1. The van der Waals surface area contributed by atoms with Crippen molar-refractivity contribution in [3.05, 3.63) is 21.3 Å². The standard InChI is InChI=1S/C7H5IN4S/c8-7-12-11-6(13-7)5-2-1-4(9)3-10-5/h1-3H,9H2. The smallest absolute Gasteiger partial charge is 0.178 e. The van der Waals surface area contributed by atoms with Gasteiger partial charge in [0.25, 0.3) is 0 Å². The minimum atomic E-state index is 0.656. The lowest BCUT2D eigenvalue weighted by Gasteiger charge is -1.93. The van der Waals surface area contributed by atoms with Gasteiger partial charge in [0.2, 0.25) is 0 Å². The molecule has 0 atom stereocenters. The van der Waals surface area contributed by atoms with Gasteiger partial charge in [-0.15, -0.1) is 10.2 Å². The first-order valence-corrected chi connectivity index (χ1v) is 5.36. The molecule has 0 saturated carbocycles. The summed E-state index contributed by atoms with van der Waals surface area (Å²) >= 11 is 3.63. The zero-order valence-corrected chi connectivity index (χ0v) is 9.41. The first kappa shape index (κ1) is 8.82. The minimum absolute atomic E-state index is 0.656. The number of rotatable bonds is 1. The van der Waals surface area contributed by atoms with E-state index in [4.69, 9.17) is 5.73 Å². The highest BCUT2D eigenvalue weighted by Crippen LogP contribution is 2.22. The van der Waals surface area contributed by atoms with Crippen molar-refractivity contribution in [2.24, 2.45) is 0 Å².